The molecule has 0 fully saturated rings. The van der Waals surface area contributed by atoms with Gasteiger partial charge in [-0.2, -0.15) is 0 Å². The zero-order valence-electron chi connectivity index (χ0n) is 17.1. The summed E-state index contributed by atoms with van der Waals surface area (Å²) < 4.78 is 0. The van der Waals surface area contributed by atoms with Gasteiger partial charge in [0.15, 0.2) is 0 Å². The van der Waals surface area contributed by atoms with Gasteiger partial charge in [0.25, 0.3) is 0 Å². The maximum Gasteiger partial charge on any atom is 0.325 e. The molecule has 0 radical (unpaired) electrons. The van der Waals surface area contributed by atoms with Gasteiger partial charge in [0.05, 0.1) is 5.41 Å². The zero-order valence-corrected chi connectivity index (χ0v) is 17.1. The molecule has 1 unspecified atom stereocenters. The molecule has 0 saturated carbocycles. The van der Waals surface area contributed by atoms with Crippen LogP contribution < -0.4 is 5.32 Å². The lowest BCUT2D eigenvalue weighted by Crippen LogP contribution is -2.49. The Hall–Kier alpha value is -1.84. The number of carboxylic acid groups (broad SMARTS) is 1. The van der Waals surface area contributed by atoms with E-state index in [4.69, 9.17) is 0 Å². The Morgan fingerprint density at radius 3 is 2.70 bits per heavy atom. The van der Waals surface area contributed by atoms with Gasteiger partial charge in [-0.05, 0) is 80.8 Å². The first-order valence-electron chi connectivity index (χ1n) is 10.2. The first kappa shape index (κ1) is 19.9. The van der Waals surface area contributed by atoms with Crippen LogP contribution in [0.2, 0.25) is 0 Å². The fraction of sp³-hybridized carbons (Fsp3) is 0.652. The average molecular weight is 372 g/mol. The Morgan fingerprint density at radius 2 is 2.07 bits per heavy atom. The van der Waals surface area contributed by atoms with Crippen molar-refractivity contribution in [2.45, 2.75) is 72.3 Å². The van der Waals surface area contributed by atoms with Crippen LogP contribution in [0.15, 0.2) is 35.5 Å². The standard InChI is InChI=1S/C23H33NO3/c1-6-22(4)11-10-17-16(13-22)7-8-18-19(17)14(2)9-12-23(18,5)21(27)24-15(3)20(25)26/h6,10,14-16H,1,7-9,11-13H2,2-5H3,(H,24,27)(H,25,26)/t14-,15-,16?,22-,23+/m1/s1. The number of carbonyl (C=O) groups excluding carboxylic acids is 1. The Kier molecular flexibility index (Phi) is 5.13. The summed E-state index contributed by atoms with van der Waals surface area (Å²) in [5.74, 6) is -0.124. The van der Waals surface area contributed by atoms with Crippen molar-refractivity contribution in [2.75, 3.05) is 0 Å². The second-order valence-corrected chi connectivity index (χ2v) is 9.36. The third-order valence-corrected chi connectivity index (χ3v) is 7.27. The summed E-state index contributed by atoms with van der Waals surface area (Å²) in [5, 5.41) is 11.9. The van der Waals surface area contributed by atoms with Gasteiger partial charge in [0.2, 0.25) is 5.91 Å². The molecular formula is C23H33NO3. The molecule has 1 amide bonds. The zero-order chi connectivity index (χ0) is 20.0. The van der Waals surface area contributed by atoms with Crippen LogP contribution in [0.1, 0.15) is 66.2 Å². The minimum atomic E-state index is -0.993. The smallest absolute Gasteiger partial charge is 0.325 e. The number of aliphatic carboxylic acids is 1. The third-order valence-electron chi connectivity index (χ3n) is 7.27. The van der Waals surface area contributed by atoms with E-state index in [1.54, 1.807) is 0 Å². The molecule has 4 nitrogen and oxygen atoms in total. The highest BCUT2D eigenvalue weighted by atomic mass is 16.4. The topological polar surface area (TPSA) is 66.4 Å². The predicted molar refractivity (Wildman–Crippen MR) is 107 cm³/mol. The fourth-order valence-electron chi connectivity index (χ4n) is 5.27. The van der Waals surface area contributed by atoms with Crippen molar-refractivity contribution in [1.82, 2.24) is 5.32 Å². The van der Waals surface area contributed by atoms with E-state index in [-0.39, 0.29) is 11.3 Å². The second kappa shape index (κ2) is 6.96. The van der Waals surface area contributed by atoms with E-state index in [1.165, 1.54) is 23.6 Å². The van der Waals surface area contributed by atoms with Crippen molar-refractivity contribution in [3.8, 4) is 0 Å². The van der Waals surface area contributed by atoms with Gasteiger partial charge in [-0.15, -0.1) is 6.58 Å². The highest BCUT2D eigenvalue weighted by molar-refractivity contribution is 5.90. The number of carbonyl (C=O) groups is 2. The van der Waals surface area contributed by atoms with Crippen molar-refractivity contribution >= 4 is 11.9 Å². The van der Waals surface area contributed by atoms with Gasteiger partial charge in [-0.3, -0.25) is 9.59 Å². The lowest BCUT2D eigenvalue weighted by molar-refractivity contribution is -0.142. The van der Waals surface area contributed by atoms with Crippen LogP contribution in [0.3, 0.4) is 0 Å². The molecule has 2 N–H and O–H groups in total. The maximum atomic E-state index is 13.1. The van der Waals surface area contributed by atoms with Crippen LogP contribution in [0.5, 0.6) is 0 Å². The van der Waals surface area contributed by atoms with E-state index in [9.17, 15) is 14.7 Å². The lowest BCUT2D eigenvalue weighted by Gasteiger charge is -2.48. The Labute approximate surface area is 162 Å². The van der Waals surface area contributed by atoms with Crippen LogP contribution in [-0.4, -0.2) is 23.0 Å². The van der Waals surface area contributed by atoms with Crippen LogP contribution in [-0.2, 0) is 9.59 Å². The number of nitrogens with one attached hydrogen (secondary N) is 1. The predicted octanol–water partition coefficient (Wildman–Crippen LogP) is 4.63. The summed E-state index contributed by atoms with van der Waals surface area (Å²) >= 11 is 0. The van der Waals surface area contributed by atoms with E-state index in [1.807, 2.05) is 6.92 Å². The van der Waals surface area contributed by atoms with Crippen molar-refractivity contribution in [1.29, 1.82) is 0 Å². The molecule has 3 aliphatic rings. The second-order valence-electron chi connectivity index (χ2n) is 9.36. The minimum Gasteiger partial charge on any atom is -0.480 e. The molecule has 0 aliphatic heterocycles. The molecule has 0 bridgehead atoms. The van der Waals surface area contributed by atoms with E-state index >= 15 is 0 Å². The summed E-state index contributed by atoms with van der Waals surface area (Å²) in [7, 11) is 0. The number of hydrogen-bond donors (Lipinski definition) is 2. The first-order valence-corrected chi connectivity index (χ1v) is 10.2. The van der Waals surface area contributed by atoms with Crippen molar-refractivity contribution in [3.63, 3.8) is 0 Å². The monoisotopic (exact) mass is 371 g/mol. The Bertz CT molecular complexity index is 734. The summed E-state index contributed by atoms with van der Waals surface area (Å²) in [4.78, 5) is 24.3. The summed E-state index contributed by atoms with van der Waals surface area (Å²) in [6, 6.07) is -0.865. The fourth-order valence-corrected chi connectivity index (χ4v) is 5.27. The van der Waals surface area contributed by atoms with Crippen molar-refractivity contribution in [2.24, 2.45) is 22.7 Å². The molecule has 4 heteroatoms. The molecule has 0 aromatic rings. The largest absolute Gasteiger partial charge is 0.480 e. The lowest BCUT2D eigenvalue weighted by atomic mass is 9.57. The summed E-state index contributed by atoms with van der Waals surface area (Å²) in [6.07, 6.45) is 10.4. The molecule has 0 heterocycles. The molecule has 0 spiro atoms. The van der Waals surface area contributed by atoms with E-state index in [0.29, 0.717) is 11.8 Å². The molecule has 3 aliphatic carbocycles. The van der Waals surface area contributed by atoms with Gasteiger partial charge < -0.3 is 10.4 Å². The Balaban J connectivity index is 1.98. The third kappa shape index (κ3) is 3.39. The van der Waals surface area contributed by atoms with Gasteiger partial charge in [-0.25, -0.2) is 0 Å². The van der Waals surface area contributed by atoms with Gasteiger partial charge >= 0.3 is 5.97 Å². The van der Waals surface area contributed by atoms with Crippen molar-refractivity contribution in [3.05, 3.63) is 35.5 Å². The van der Waals surface area contributed by atoms with Crippen LogP contribution in [0, 0.1) is 22.7 Å². The molecule has 0 aromatic carbocycles. The highest BCUT2D eigenvalue weighted by Gasteiger charge is 2.47. The van der Waals surface area contributed by atoms with E-state index < -0.39 is 17.4 Å². The molecule has 148 valence electrons. The van der Waals surface area contributed by atoms with Crippen LogP contribution in [0.4, 0.5) is 0 Å². The molecule has 3 rings (SSSR count). The number of fused-ring (bicyclic) bond motifs is 2. The maximum absolute atomic E-state index is 13.1. The van der Waals surface area contributed by atoms with Gasteiger partial charge in [0, 0.05) is 0 Å². The Morgan fingerprint density at radius 1 is 1.37 bits per heavy atom. The quantitative estimate of drug-likeness (QED) is 0.708. The minimum absolute atomic E-state index is 0.136. The molecule has 5 atom stereocenters. The van der Waals surface area contributed by atoms with Crippen LogP contribution in [0.25, 0.3) is 0 Å². The van der Waals surface area contributed by atoms with E-state index in [0.717, 1.165) is 38.5 Å². The average Bonchev–Trinajstić information content (AvgIpc) is 2.63. The first-order chi connectivity index (χ1) is 12.6. The molecular weight excluding hydrogens is 338 g/mol. The number of rotatable bonds is 4. The van der Waals surface area contributed by atoms with Crippen LogP contribution >= 0.6 is 0 Å². The number of allylic oxidation sites excluding steroid dienone is 4. The normalized spacial score (nSPS) is 36.8. The number of amides is 1. The summed E-state index contributed by atoms with van der Waals surface area (Å²) in [5.41, 5.74) is 3.66. The molecule has 0 saturated heterocycles. The number of hydrogen-bond acceptors (Lipinski definition) is 2. The SMILES string of the molecule is C=C[C@]1(C)CC=C2C3=C(CCC2C1)[C@@](C)(C(=O)N[C@H](C)C(=O)O)CC[C@H]3C. The van der Waals surface area contributed by atoms with Gasteiger partial charge in [-0.1, -0.05) is 31.6 Å². The number of carboxylic acids is 1. The van der Waals surface area contributed by atoms with E-state index in [2.05, 4.69) is 37.9 Å². The highest BCUT2D eigenvalue weighted by Crippen LogP contribution is 2.55. The summed E-state index contributed by atoms with van der Waals surface area (Å²) in [6.45, 7) is 12.1. The van der Waals surface area contributed by atoms with Crippen molar-refractivity contribution < 1.29 is 14.7 Å². The van der Waals surface area contributed by atoms with Gasteiger partial charge in [0.1, 0.15) is 6.04 Å². The molecule has 27 heavy (non-hydrogen) atoms. The molecule has 0 aromatic heterocycles.